The Balaban J connectivity index is 1.54. The van der Waals surface area contributed by atoms with Gasteiger partial charge < -0.3 is 9.47 Å². The Bertz CT molecular complexity index is 1190. The van der Waals surface area contributed by atoms with Crippen LogP contribution in [0.4, 0.5) is 4.79 Å². The third-order valence-corrected chi connectivity index (χ3v) is 5.14. The quantitative estimate of drug-likeness (QED) is 0.681. The molecule has 0 spiro atoms. The molecule has 1 aromatic carbocycles. The van der Waals surface area contributed by atoms with Gasteiger partial charge in [0.05, 0.1) is 17.3 Å². The van der Waals surface area contributed by atoms with Gasteiger partial charge in [0.15, 0.2) is 0 Å². The van der Waals surface area contributed by atoms with Crippen LogP contribution >= 0.6 is 0 Å². The number of benzene rings is 1. The molecule has 0 bridgehead atoms. The van der Waals surface area contributed by atoms with Crippen LogP contribution in [0.25, 0.3) is 0 Å². The Labute approximate surface area is 195 Å². The van der Waals surface area contributed by atoms with Gasteiger partial charge in [-0.05, 0) is 57.5 Å². The van der Waals surface area contributed by atoms with Gasteiger partial charge in [-0.1, -0.05) is 6.08 Å². The highest BCUT2D eigenvalue weighted by Crippen LogP contribution is 2.31. The Kier molecular flexibility index (Phi) is 5.82. The van der Waals surface area contributed by atoms with E-state index in [0.29, 0.717) is 0 Å². The fourth-order valence-electron chi connectivity index (χ4n) is 3.65. The number of allylic oxidation sites excluding steroid dienone is 3. The molecular formula is C24H23N3O7. The standard InChI is InChI=1S/C24H23N3O7/c1-24(2,3)34-23(32)26-11-5-4-6-15(13-26)33-14-7-8-16-17(12-14)22(31)27(21(16)30)18-9-10-19(28)25-20(18)29/h4-8,11-13,18H,9-10H2,1-3H3,(H,25,28,29). The second kappa shape index (κ2) is 8.62. The molecule has 1 fully saturated rings. The zero-order valence-corrected chi connectivity index (χ0v) is 18.9. The summed E-state index contributed by atoms with van der Waals surface area (Å²) in [4.78, 5) is 64.0. The third-order valence-electron chi connectivity index (χ3n) is 5.14. The summed E-state index contributed by atoms with van der Waals surface area (Å²) in [6.07, 6.45) is 7.40. The van der Waals surface area contributed by atoms with Gasteiger partial charge in [-0.2, -0.15) is 0 Å². The van der Waals surface area contributed by atoms with Crippen molar-refractivity contribution in [2.75, 3.05) is 0 Å². The van der Waals surface area contributed by atoms with E-state index in [4.69, 9.17) is 9.47 Å². The summed E-state index contributed by atoms with van der Waals surface area (Å²) in [5.74, 6) is -1.81. The number of carbonyl (C=O) groups is 5. The molecule has 1 unspecified atom stereocenters. The SMILES string of the molecule is CC(C)(C)OC(=O)N1C=CC=CC(Oc2ccc3c(c2)C(=O)N(C2CCC(=O)NC2=O)C3=O)=C1. The molecule has 4 rings (SSSR count). The molecule has 0 aliphatic carbocycles. The number of carbonyl (C=O) groups excluding carboxylic acids is 5. The fraction of sp³-hybridized carbons (Fsp3) is 0.292. The topological polar surface area (TPSA) is 122 Å². The predicted molar refractivity (Wildman–Crippen MR) is 118 cm³/mol. The van der Waals surface area contributed by atoms with E-state index in [9.17, 15) is 24.0 Å². The van der Waals surface area contributed by atoms with Gasteiger partial charge in [-0.3, -0.25) is 34.3 Å². The number of hydrogen-bond acceptors (Lipinski definition) is 7. The number of amides is 5. The molecule has 176 valence electrons. The smallest absolute Gasteiger partial charge is 0.418 e. The molecule has 1 saturated heterocycles. The molecule has 3 aliphatic heterocycles. The molecule has 34 heavy (non-hydrogen) atoms. The zero-order chi connectivity index (χ0) is 24.6. The van der Waals surface area contributed by atoms with E-state index in [-0.39, 0.29) is 35.5 Å². The van der Waals surface area contributed by atoms with E-state index >= 15 is 0 Å². The maximum Gasteiger partial charge on any atom is 0.418 e. The predicted octanol–water partition coefficient (Wildman–Crippen LogP) is 2.63. The molecule has 3 heterocycles. The first-order valence-corrected chi connectivity index (χ1v) is 10.6. The summed E-state index contributed by atoms with van der Waals surface area (Å²) in [6, 6.07) is 3.33. The highest BCUT2D eigenvalue weighted by atomic mass is 16.6. The van der Waals surface area contributed by atoms with Crippen LogP contribution in [0.3, 0.4) is 0 Å². The van der Waals surface area contributed by atoms with Crippen LogP contribution < -0.4 is 10.1 Å². The molecule has 1 atom stereocenters. The van der Waals surface area contributed by atoms with Crippen molar-refractivity contribution in [3.63, 3.8) is 0 Å². The zero-order valence-electron chi connectivity index (χ0n) is 18.9. The minimum atomic E-state index is -1.05. The lowest BCUT2D eigenvalue weighted by atomic mass is 10.0. The van der Waals surface area contributed by atoms with Crippen LogP contribution in [0, 0.1) is 0 Å². The lowest BCUT2D eigenvalue weighted by molar-refractivity contribution is -0.136. The summed E-state index contributed by atoms with van der Waals surface area (Å²) < 4.78 is 11.2. The van der Waals surface area contributed by atoms with Gasteiger partial charge in [0.25, 0.3) is 11.8 Å². The van der Waals surface area contributed by atoms with Crippen LogP contribution in [-0.2, 0) is 14.3 Å². The Morgan fingerprint density at radius 1 is 1.06 bits per heavy atom. The van der Waals surface area contributed by atoms with Crippen molar-refractivity contribution in [2.45, 2.75) is 45.3 Å². The van der Waals surface area contributed by atoms with Gasteiger partial charge in [0.2, 0.25) is 11.8 Å². The van der Waals surface area contributed by atoms with E-state index < -0.39 is 41.4 Å². The van der Waals surface area contributed by atoms with Crippen molar-refractivity contribution >= 4 is 29.7 Å². The summed E-state index contributed by atoms with van der Waals surface area (Å²) in [5.41, 5.74) is -0.446. The van der Waals surface area contributed by atoms with Crippen molar-refractivity contribution in [3.05, 3.63) is 65.7 Å². The normalized spacial score (nSPS) is 20.1. The first-order valence-electron chi connectivity index (χ1n) is 10.6. The van der Waals surface area contributed by atoms with Crippen LogP contribution in [0.2, 0.25) is 0 Å². The van der Waals surface area contributed by atoms with Gasteiger partial charge in [-0.25, -0.2) is 4.79 Å². The minimum Gasteiger partial charge on any atom is -0.456 e. The van der Waals surface area contributed by atoms with Gasteiger partial charge in [-0.15, -0.1) is 0 Å². The first-order chi connectivity index (χ1) is 16.0. The summed E-state index contributed by atoms with van der Waals surface area (Å²) in [7, 11) is 0. The number of piperidine rings is 1. The molecule has 1 aromatic rings. The number of nitrogens with one attached hydrogen (secondary N) is 1. The van der Waals surface area contributed by atoms with E-state index in [1.165, 1.54) is 35.5 Å². The lowest BCUT2D eigenvalue weighted by Gasteiger charge is -2.27. The average molecular weight is 465 g/mol. The molecule has 3 aliphatic rings. The molecule has 1 N–H and O–H groups in total. The van der Waals surface area contributed by atoms with Crippen molar-refractivity contribution in [2.24, 2.45) is 0 Å². The first kappa shape index (κ1) is 23.0. The van der Waals surface area contributed by atoms with Crippen LogP contribution in [-0.4, -0.2) is 51.2 Å². The van der Waals surface area contributed by atoms with Crippen LogP contribution in [0.1, 0.15) is 54.3 Å². The maximum absolute atomic E-state index is 13.0. The van der Waals surface area contributed by atoms with E-state index in [1.807, 2.05) is 0 Å². The van der Waals surface area contributed by atoms with Crippen molar-refractivity contribution in [1.29, 1.82) is 0 Å². The molecule has 10 heteroatoms. The van der Waals surface area contributed by atoms with E-state index in [2.05, 4.69) is 5.32 Å². The highest BCUT2D eigenvalue weighted by Gasteiger charge is 2.44. The second-order valence-corrected chi connectivity index (χ2v) is 8.88. The molecule has 0 aromatic heterocycles. The third kappa shape index (κ3) is 4.61. The van der Waals surface area contributed by atoms with Crippen molar-refractivity contribution < 1.29 is 33.4 Å². The monoisotopic (exact) mass is 465 g/mol. The number of rotatable bonds is 3. The van der Waals surface area contributed by atoms with E-state index in [0.717, 1.165) is 4.90 Å². The van der Waals surface area contributed by atoms with Crippen molar-refractivity contribution in [1.82, 2.24) is 15.1 Å². The van der Waals surface area contributed by atoms with Gasteiger partial charge >= 0.3 is 6.09 Å². The Hall–Kier alpha value is -4.21. The molecule has 5 amide bonds. The molecular weight excluding hydrogens is 442 g/mol. The largest absolute Gasteiger partial charge is 0.456 e. The number of ether oxygens (including phenoxy) is 2. The fourth-order valence-corrected chi connectivity index (χ4v) is 3.65. The van der Waals surface area contributed by atoms with Gasteiger partial charge in [0.1, 0.15) is 23.2 Å². The minimum absolute atomic E-state index is 0.0425. The summed E-state index contributed by atoms with van der Waals surface area (Å²) in [6.45, 7) is 5.27. The number of nitrogens with zero attached hydrogens (tertiary/aromatic N) is 2. The maximum atomic E-state index is 13.0. The van der Waals surface area contributed by atoms with Crippen LogP contribution in [0.5, 0.6) is 5.75 Å². The number of hydrogen-bond donors (Lipinski definition) is 1. The number of imide groups is 2. The summed E-state index contributed by atoms with van der Waals surface area (Å²) in [5, 5.41) is 2.16. The molecule has 0 saturated carbocycles. The second-order valence-electron chi connectivity index (χ2n) is 8.88. The van der Waals surface area contributed by atoms with Crippen molar-refractivity contribution in [3.8, 4) is 5.75 Å². The average Bonchev–Trinajstić information content (AvgIpc) is 2.90. The van der Waals surface area contributed by atoms with Gasteiger partial charge in [0, 0.05) is 12.6 Å². The lowest BCUT2D eigenvalue weighted by Crippen LogP contribution is -2.54. The number of fused-ring (bicyclic) bond motifs is 1. The highest BCUT2D eigenvalue weighted by molar-refractivity contribution is 6.23. The molecule has 0 radical (unpaired) electrons. The summed E-state index contributed by atoms with van der Waals surface area (Å²) >= 11 is 0. The van der Waals surface area contributed by atoms with Crippen LogP contribution in [0.15, 0.2) is 54.6 Å². The Morgan fingerprint density at radius 3 is 2.50 bits per heavy atom. The Morgan fingerprint density at radius 2 is 1.79 bits per heavy atom. The van der Waals surface area contributed by atoms with E-state index in [1.54, 1.807) is 39.0 Å². The molecule has 10 nitrogen and oxygen atoms in total.